The summed E-state index contributed by atoms with van der Waals surface area (Å²) in [5.41, 5.74) is 2.99. The van der Waals surface area contributed by atoms with Crippen LogP contribution in [0.4, 0.5) is 37.7 Å². The minimum absolute atomic E-state index is 0.115. The van der Waals surface area contributed by atoms with Crippen molar-refractivity contribution < 1.29 is 69.2 Å². The molecule has 65 heavy (non-hydrogen) atoms. The zero-order chi connectivity index (χ0) is 46.8. The van der Waals surface area contributed by atoms with Crippen LogP contribution in [0, 0.1) is 0 Å². The third-order valence-corrected chi connectivity index (χ3v) is 9.00. The Labute approximate surface area is 377 Å². The van der Waals surface area contributed by atoms with E-state index in [2.05, 4.69) is 35.5 Å². The summed E-state index contributed by atoms with van der Waals surface area (Å²) in [4.78, 5) is 30.6. The molecule has 6 rings (SSSR count). The van der Waals surface area contributed by atoms with Crippen LogP contribution in [0.15, 0.2) is 132 Å². The lowest BCUT2D eigenvalue weighted by atomic mass is 10.1. The van der Waals surface area contributed by atoms with Crippen molar-refractivity contribution in [3.63, 3.8) is 0 Å². The van der Waals surface area contributed by atoms with Crippen LogP contribution in [0.2, 0.25) is 0 Å². The van der Waals surface area contributed by atoms with Gasteiger partial charge < -0.3 is 43.1 Å². The number of aromatic nitrogens is 2. The van der Waals surface area contributed by atoms with Crippen LogP contribution in [-0.2, 0) is 33.8 Å². The third kappa shape index (κ3) is 17.3. The van der Waals surface area contributed by atoms with E-state index in [1.165, 1.54) is 42.3 Å². The summed E-state index contributed by atoms with van der Waals surface area (Å²) in [5, 5.41) is 14.0. The number of methoxy groups -OCH3 is 1. The van der Waals surface area contributed by atoms with Gasteiger partial charge in [0.05, 0.1) is 20.3 Å². The zero-order valence-electron chi connectivity index (χ0n) is 34.4. The molecule has 1 heterocycles. The molecule has 1 N–H and O–H groups in total. The largest absolute Gasteiger partial charge is 0.573 e. The second kappa shape index (κ2) is 23.6. The maximum Gasteiger partial charge on any atom is 0.573 e. The normalized spacial score (nSPS) is 11.1. The first-order valence-electron chi connectivity index (χ1n) is 19.4. The van der Waals surface area contributed by atoms with Crippen molar-refractivity contribution in [2.45, 2.75) is 32.2 Å². The zero-order valence-corrected chi connectivity index (χ0v) is 36.0. The van der Waals surface area contributed by atoms with E-state index in [1.807, 2.05) is 42.5 Å². The summed E-state index contributed by atoms with van der Waals surface area (Å²) in [5.74, 6) is -0.357. The number of ether oxygens (including phenoxy) is 5. The number of carbonyl (C=O) groups is 2. The lowest BCUT2D eigenvalue weighted by molar-refractivity contribution is -0.275. The lowest BCUT2D eigenvalue weighted by Gasteiger charge is -2.24. The van der Waals surface area contributed by atoms with Gasteiger partial charge in [-0.25, -0.2) is 0 Å². The molecule has 0 saturated heterocycles. The molecule has 0 aliphatic heterocycles. The van der Waals surface area contributed by atoms with Gasteiger partial charge in [0.25, 0.3) is 5.89 Å². The first-order chi connectivity index (χ1) is 31.1. The van der Waals surface area contributed by atoms with Gasteiger partial charge in [-0.05, 0) is 71.8 Å². The minimum atomic E-state index is -4.85. The molecule has 20 heteroatoms. The van der Waals surface area contributed by atoms with Gasteiger partial charge in [-0.1, -0.05) is 75.7 Å². The van der Waals surface area contributed by atoms with E-state index in [4.69, 9.17) is 18.7 Å². The highest BCUT2D eigenvalue weighted by Gasteiger charge is 2.32. The SMILES string of the molecule is COC(=O)CN(Cc1cccc(OCCBr)c1)c1cccc(OC(F)(F)F)c1.O=C(O)CN(Cc1cccc(OCCc2noc(-c3ccccc3)n2)c1)c1cccc(OC(F)(F)F)c1. The Balaban J connectivity index is 0.000000254. The van der Waals surface area contributed by atoms with Crippen molar-refractivity contribution in [2.75, 3.05) is 48.5 Å². The van der Waals surface area contributed by atoms with Gasteiger partial charge in [0.15, 0.2) is 5.82 Å². The monoisotopic (exact) mass is 974 g/mol. The molecule has 0 saturated carbocycles. The number of hydrogen-bond acceptors (Lipinski definition) is 12. The molecule has 0 unspecified atom stereocenters. The van der Waals surface area contributed by atoms with Crippen molar-refractivity contribution in [3.05, 3.63) is 144 Å². The van der Waals surface area contributed by atoms with Gasteiger partial charge in [0, 0.05) is 53.9 Å². The van der Waals surface area contributed by atoms with Gasteiger partial charge in [-0.3, -0.25) is 9.59 Å². The molecule has 5 aromatic carbocycles. The summed E-state index contributed by atoms with van der Waals surface area (Å²) in [6.07, 6.45) is -9.25. The Morgan fingerprint density at radius 2 is 1.17 bits per heavy atom. The standard InChI is InChI=1S/C26H22F3N3O5.C19H19BrF3NO4/c27-26(28,29)36-22-11-5-9-20(15-22)32(17-24(33)34)16-18-6-4-10-21(14-18)35-13-12-23-30-25(37-31-23)19-7-2-1-3-8-19;1-26-18(25)13-24(12-14-4-2-6-16(10-14)27-9-8-20)15-5-3-7-17(11-15)28-19(21,22)23/h1-11,14-15H,12-13,16-17H2,(H,33,34);2-7,10-11H,8-9,12-13H2,1H3. The summed E-state index contributed by atoms with van der Waals surface area (Å²) in [7, 11) is 1.25. The number of alkyl halides is 7. The molecule has 1 aromatic heterocycles. The number of aliphatic carboxylic acids is 1. The van der Waals surface area contributed by atoms with Gasteiger partial charge in [0.2, 0.25) is 0 Å². The molecule has 0 fully saturated rings. The molecule has 0 aliphatic rings. The predicted octanol–water partition coefficient (Wildman–Crippen LogP) is 9.89. The molecule has 0 radical (unpaired) electrons. The number of halogens is 7. The number of hydrogen-bond donors (Lipinski definition) is 1. The average molecular weight is 976 g/mol. The van der Waals surface area contributed by atoms with Crippen LogP contribution in [-0.4, -0.2) is 78.7 Å². The van der Waals surface area contributed by atoms with E-state index in [9.17, 15) is 41.0 Å². The van der Waals surface area contributed by atoms with Gasteiger partial charge >= 0.3 is 24.7 Å². The van der Waals surface area contributed by atoms with Crippen LogP contribution < -0.4 is 28.7 Å². The van der Waals surface area contributed by atoms with Crippen molar-refractivity contribution >= 4 is 39.2 Å². The molecule has 0 amide bonds. The topological polar surface area (TPSA) is 146 Å². The summed E-state index contributed by atoms with van der Waals surface area (Å²) >= 11 is 3.28. The summed E-state index contributed by atoms with van der Waals surface area (Å²) in [6, 6.07) is 34.2. The number of carbonyl (C=O) groups excluding carboxylic acids is 1. The van der Waals surface area contributed by atoms with E-state index >= 15 is 0 Å². The Bertz CT molecular complexity index is 2440. The Hall–Kier alpha value is -6.96. The first kappa shape index (κ1) is 49.1. The van der Waals surface area contributed by atoms with E-state index in [0.717, 1.165) is 23.3 Å². The first-order valence-corrected chi connectivity index (χ1v) is 20.6. The fraction of sp³-hybridized carbons (Fsp3) is 0.244. The fourth-order valence-electron chi connectivity index (χ4n) is 5.99. The quantitative estimate of drug-likeness (QED) is 0.0441. The van der Waals surface area contributed by atoms with Crippen LogP contribution in [0.1, 0.15) is 17.0 Å². The molecule has 13 nitrogen and oxygen atoms in total. The molecular formula is C45H41BrF6N4O9. The van der Waals surface area contributed by atoms with E-state index in [0.29, 0.717) is 52.8 Å². The number of carboxylic acids is 1. The summed E-state index contributed by atoms with van der Waals surface area (Å²) < 4.78 is 105. The summed E-state index contributed by atoms with van der Waals surface area (Å²) in [6.45, 7) is 0.569. The Kier molecular flexibility index (Phi) is 17.8. The van der Waals surface area contributed by atoms with Gasteiger partial charge in [0.1, 0.15) is 36.1 Å². The van der Waals surface area contributed by atoms with Crippen molar-refractivity contribution in [2.24, 2.45) is 0 Å². The second-order valence-electron chi connectivity index (χ2n) is 13.6. The van der Waals surface area contributed by atoms with Crippen LogP contribution in [0.25, 0.3) is 11.5 Å². The van der Waals surface area contributed by atoms with Gasteiger partial charge in [-0.2, -0.15) is 4.98 Å². The highest BCUT2D eigenvalue weighted by Crippen LogP contribution is 2.30. The average Bonchev–Trinajstić information content (AvgIpc) is 3.74. The van der Waals surface area contributed by atoms with Crippen LogP contribution >= 0.6 is 15.9 Å². The number of rotatable bonds is 20. The van der Waals surface area contributed by atoms with E-state index < -0.39 is 37.0 Å². The maximum atomic E-state index is 12.6. The second-order valence-corrected chi connectivity index (χ2v) is 14.4. The fourth-order valence-corrected chi connectivity index (χ4v) is 6.16. The third-order valence-electron chi connectivity index (χ3n) is 8.68. The highest BCUT2D eigenvalue weighted by atomic mass is 79.9. The smallest absolute Gasteiger partial charge is 0.493 e. The van der Waals surface area contributed by atoms with E-state index in [-0.39, 0.29) is 37.7 Å². The number of esters is 1. The van der Waals surface area contributed by atoms with E-state index in [1.54, 1.807) is 47.4 Å². The molecule has 0 spiro atoms. The molecule has 6 aromatic rings. The van der Waals surface area contributed by atoms with Crippen molar-refractivity contribution in [3.8, 4) is 34.5 Å². The molecule has 0 atom stereocenters. The predicted molar refractivity (Wildman–Crippen MR) is 229 cm³/mol. The molecule has 0 aliphatic carbocycles. The van der Waals surface area contributed by atoms with Crippen LogP contribution in [0.3, 0.4) is 0 Å². The molecule has 344 valence electrons. The number of carboxylic acid groups (broad SMARTS) is 1. The number of anilines is 2. The Morgan fingerprint density at radius 1 is 0.662 bits per heavy atom. The lowest BCUT2D eigenvalue weighted by Crippen LogP contribution is -2.30. The maximum absolute atomic E-state index is 12.6. The van der Waals surface area contributed by atoms with Crippen molar-refractivity contribution in [1.82, 2.24) is 10.1 Å². The Morgan fingerprint density at radius 3 is 1.68 bits per heavy atom. The number of benzene rings is 5. The van der Waals surface area contributed by atoms with Gasteiger partial charge in [-0.15, -0.1) is 26.3 Å². The highest BCUT2D eigenvalue weighted by molar-refractivity contribution is 9.09. The minimum Gasteiger partial charge on any atom is -0.493 e. The molecular weight excluding hydrogens is 934 g/mol. The number of nitrogens with zero attached hydrogens (tertiary/aromatic N) is 4. The molecule has 0 bridgehead atoms. The van der Waals surface area contributed by atoms with Crippen LogP contribution in [0.5, 0.6) is 23.0 Å². The van der Waals surface area contributed by atoms with Crippen molar-refractivity contribution in [1.29, 1.82) is 0 Å².